The fourth-order valence-corrected chi connectivity index (χ4v) is 0.782. The van der Waals surface area contributed by atoms with Gasteiger partial charge in [-0.25, -0.2) is 13.2 Å². The van der Waals surface area contributed by atoms with Crippen LogP contribution in [0.4, 0.5) is 13.2 Å². The maximum Gasteiger partial charge on any atom is 0.194 e. The van der Waals surface area contributed by atoms with Gasteiger partial charge in [0.2, 0.25) is 0 Å². The highest BCUT2D eigenvalue weighted by atomic mass is 19.2. The van der Waals surface area contributed by atoms with E-state index in [1.165, 1.54) is 6.08 Å². The van der Waals surface area contributed by atoms with Crippen molar-refractivity contribution in [3.8, 4) is 0 Å². The zero-order valence-electron chi connectivity index (χ0n) is 6.02. The van der Waals surface area contributed by atoms with Gasteiger partial charge in [-0.2, -0.15) is 0 Å². The Morgan fingerprint density at radius 3 is 2.00 bits per heavy atom. The summed E-state index contributed by atoms with van der Waals surface area (Å²) in [7, 11) is 0. The number of benzene rings is 1. The molecule has 64 valence electrons. The molecule has 1 aromatic rings. The van der Waals surface area contributed by atoms with Gasteiger partial charge in [0.1, 0.15) is 0 Å². The van der Waals surface area contributed by atoms with Crippen molar-refractivity contribution in [2.24, 2.45) is 5.73 Å². The van der Waals surface area contributed by atoms with E-state index >= 15 is 0 Å². The van der Waals surface area contributed by atoms with E-state index in [1.54, 1.807) is 0 Å². The molecule has 0 aliphatic carbocycles. The van der Waals surface area contributed by atoms with Crippen LogP contribution in [-0.2, 0) is 0 Å². The number of hydrogen-bond acceptors (Lipinski definition) is 1. The minimum Gasteiger partial charge on any atom is -0.405 e. The quantitative estimate of drug-likeness (QED) is 0.646. The monoisotopic (exact) mass is 173 g/mol. The number of nitrogens with two attached hydrogens (primary N) is 1. The van der Waals surface area contributed by atoms with Crippen molar-refractivity contribution in [3.05, 3.63) is 41.3 Å². The molecule has 0 saturated carbocycles. The van der Waals surface area contributed by atoms with Gasteiger partial charge in [-0.15, -0.1) is 0 Å². The van der Waals surface area contributed by atoms with Crippen molar-refractivity contribution >= 4 is 6.08 Å². The van der Waals surface area contributed by atoms with Crippen LogP contribution in [0.2, 0.25) is 0 Å². The second-order valence-corrected chi connectivity index (χ2v) is 2.16. The summed E-state index contributed by atoms with van der Waals surface area (Å²) in [6, 6.07) is 1.73. The first-order valence-corrected chi connectivity index (χ1v) is 3.18. The highest BCUT2D eigenvalue weighted by Crippen LogP contribution is 2.13. The first kappa shape index (κ1) is 8.64. The number of halogens is 3. The second-order valence-electron chi connectivity index (χ2n) is 2.16. The zero-order chi connectivity index (χ0) is 9.14. The lowest BCUT2D eigenvalue weighted by atomic mass is 10.2. The summed E-state index contributed by atoms with van der Waals surface area (Å²) < 4.78 is 37.3. The van der Waals surface area contributed by atoms with Crippen LogP contribution in [0.1, 0.15) is 5.56 Å². The Balaban J connectivity index is 3.21. The maximum absolute atomic E-state index is 12.5. The number of rotatable bonds is 1. The second kappa shape index (κ2) is 3.30. The molecule has 0 aliphatic rings. The van der Waals surface area contributed by atoms with Crippen LogP contribution in [0.5, 0.6) is 0 Å². The van der Waals surface area contributed by atoms with Crippen LogP contribution in [0.3, 0.4) is 0 Å². The van der Waals surface area contributed by atoms with Gasteiger partial charge in [0, 0.05) is 0 Å². The lowest BCUT2D eigenvalue weighted by Crippen LogP contribution is -1.91. The minimum absolute atomic E-state index is 0.189. The van der Waals surface area contributed by atoms with Crippen molar-refractivity contribution in [2.75, 3.05) is 0 Å². The predicted molar refractivity (Wildman–Crippen MR) is 39.5 cm³/mol. The Kier molecular flexibility index (Phi) is 2.38. The third-order valence-corrected chi connectivity index (χ3v) is 1.29. The maximum atomic E-state index is 12.5. The van der Waals surface area contributed by atoms with Gasteiger partial charge in [0.25, 0.3) is 0 Å². The Morgan fingerprint density at radius 1 is 1.08 bits per heavy atom. The molecule has 0 spiro atoms. The van der Waals surface area contributed by atoms with E-state index < -0.39 is 17.5 Å². The Labute approximate surface area is 67.3 Å². The molecule has 0 saturated heterocycles. The van der Waals surface area contributed by atoms with E-state index in [-0.39, 0.29) is 5.56 Å². The van der Waals surface area contributed by atoms with E-state index in [4.69, 9.17) is 5.73 Å². The van der Waals surface area contributed by atoms with Gasteiger partial charge in [-0.05, 0) is 30.0 Å². The first-order chi connectivity index (χ1) is 5.65. The van der Waals surface area contributed by atoms with Gasteiger partial charge < -0.3 is 5.73 Å². The van der Waals surface area contributed by atoms with Crippen LogP contribution >= 0.6 is 0 Å². The summed E-state index contributed by atoms with van der Waals surface area (Å²) >= 11 is 0. The zero-order valence-corrected chi connectivity index (χ0v) is 6.02. The lowest BCUT2D eigenvalue weighted by Gasteiger charge is -1.96. The van der Waals surface area contributed by atoms with E-state index in [0.29, 0.717) is 0 Å². The third-order valence-electron chi connectivity index (χ3n) is 1.29. The van der Waals surface area contributed by atoms with E-state index in [1.807, 2.05) is 0 Å². The van der Waals surface area contributed by atoms with E-state index in [2.05, 4.69) is 0 Å². The summed E-state index contributed by atoms with van der Waals surface area (Å²) in [5.41, 5.74) is 5.17. The van der Waals surface area contributed by atoms with Gasteiger partial charge in [0.05, 0.1) is 0 Å². The molecule has 1 rings (SSSR count). The van der Waals surface area contributed by atoms with E-state index in [0.717, 1.165) is 18.3 Å². The predicted octanol–water partition coefficient (Wildman–Crippen LogP) is 2.03. The summed E-state index contributed by atoms with van der Waals surface area (Å²) in [5, 5.41) is 0. The average molecular weight is 173 g/mol. The molecular weight excluding hydrogens is 167 g/mol. The van der Waals surface area contributed by atoms with Gasteiger partial charge in [-0.3, -0.25) is 0 Å². The van der Waals surface area contributed by atoms with Crippen LogP contribution < -0.4 is 5.73 Å². The molecule has 0 bridgehead atoms. The van der Waals surface area contributed by atoms with Gasteiger partial charge in [0.15, 0.2) is 17.5 Å². The van der Waals surface area contributed by atoms with Crippen molar-refractivity contribution in [1.82, 2.24) is 0 Å². The molecule has 0 amide bonds. The van der Waals surface area contributed by atoms with Gasteiger partial charge in [-0.1, -0.05) is 0 Å². The molecule has 0 atom stereocenters. The topological polar surface area (TPSA) is 26.0 Å². The number of hydrogen-bond donors (Lipinski definition) is 1. The van der Waals surface area contributed by atoms with Crippen molar-refractivity contribution in [1.29, 1.82) is 0 Å². The summed E-state index contributed by atoms with van der Waals surface area (Å²) in [4.78, 5) is 0. The summed E-state index contributed by atoms with van der Waals surface area (Å²) in [6.07, 6.45) is 2.39. The van der Waals surface area contributed by atoms with Crippen molar-refractivity contribution in [2.45, 2.75) is 0 Å². The third kappa shape index (κ3) is 1.58. The van der Waals surface area contributed by atoms with Crippen LogP contribution in [0.15, 0.2) is 18.3 Å². The highest BCUT2D eigenvalue weighted by Gasteiger charge is 2.08. The Hall–Kier alpha value is -1.45. The van der Waals surface area contributed by atoms with Crippen LogP contribution in [0.25, 0.3) is 6.08 Å². The average Bonchev–Trinajstić information content (AvgIpc) is 2.01. The van der Waals surface area contributed by atoms with Gasteiger partial charge >= 0.3 is 0 Å². The molecule has 0 aromatic heterocycles. The molecule has 12 heavy (non-hydrogen) atoms. The van der Waals surface area contributed by atoms with Crippen molar-refractivity contribution < 1.29 is 13.2 Å². The molecule has 4 heteroatoms. The molecule has 0 unspecified atom stereocenters. The fraction of sp³-hybridized carbons (Fsp3) is 0. The fourth-order valence-electron chi connectivity index (χ4n) is 0.782. The van der Waals surface area contributed by atoms with E-state index in [9.17, 15) is 13.2 Å². The minimum atomic E-state index is -1.47. The van der Waals surface area contributed by atoms with Crippen molar-refractivity contribution in [3.63, 3.8) is 0 Å². The molecule has 0 aliphatic heterocycles. The standard InChI is InChI=1S/C8H6F3N/c9-6-3-5(1-2-12)4-7(10)8(6)11/h1-4H,12H2/b2-1+. The summed E-state index contributed by atoms with van der Waals surface area (Å²) in [6.45, 7) is 0. The molecule has 0 radical (unpaired) electrons. The lowest BCUT2D eigenvalue weighted by molar-refractivity contribution is 0.447. The Bertz CT molecular complexity index is 297. The normalized spacial score (nSPS) is 10.9. The van der Waals surface area contributed by atoms with Crippen LogP contribution in [0, 0.1) is 17.5 Å². The summed E-state index contributed by atoms with van der Waals surface area (Å²) in [5.74, 6) is -3.91. The largest absolute Gasteiger partial charge is 0.405 e. The first-order valence-electron chi connectivity index (χ1n) is 3.18. The SMILES string of the molecule is N/C=C/c1cc(F)c(F)c(F)c1. The molecule has 1 aromatic carbocycles. The Morgan fingerprint density at radius 2 is 1.58 bits per heavy atom. The molecular formula is C8H6F3N. The molecule has 0 heterocycles. The smallest absolute Gasteiger partial charge is 0.194 e. The van der Waals surface area contributed by atoms with Crippen LogP contribution in [-0.4, -0.2) is 0 Å². The molecule has 1 nitrogen and oxygen atoms in total. The highest BCUT2D eigenvalue weighted by molar-refractivity contribution is 5.48. The molecule has 0 fully saturated rings. The molecule has 2 N–H and O–H groups in total.